The van der Waals surface area contributed by atoms with Gasteiger partial charge >= 0.3 is 0 Å². The van der Waals surface area contributed by atoms with E-state index in [1.807, 2.05) is 12.1 Å². The molecule has 17 heavy (non-hydrogen) atoms. The Morgan fingerprint density at radius 2 is 1.82 bits per heavy atom. The van der Waals surface area contributed by atoms with E-state index in [1.54, 1.807) is 0 Å². The highest BCUT2D eigenvalue weighted by Crippen LogP contribution is 2.18. The Kier molecular flexibility index (Phi) is 3.24. The Morgan fingerprint density at radius 1 is 1.18 bits per heavy atom. The first-order valence-corrected chi connectivity index (χ1v) is 5.82. The van der Waals surface area contributed by atoms with Gasteiger partial charge in [-0.05, 0) is 12.5 Å². The first-order chi connectivity index (χ1) is 8.08. The van der Waals surface area contributed by atoms with Gasteiger partial charge in [-0.25, -0.2) is 4.98 Å². The number of H-pyrrole nitrogens is 1. The average Bonchev–Trinajstić information content (AvgIpc) is 2.78. The van der Waals surface area contributed by atoms with Gasteiger partial charge in [-0.3, -0.25) is 5.10 Å². The molecule has 1 aromatic carbocycles. The number of aromatic nitrogens is 3. The van der Waals surface area contributed by atoms with Gasteiger partial charge in [0.05, 0.1) is 6.04 Å². The molecule has 0 amide bonds. The molecule has 0 aliphatic rings. The molecule has 0 aliphatic carbocycles. The van der Waals surface area contributed by atoms with Crippen molar-refractivity contribution in [2.24, 2.45) is 5.73 Å². The van der Waals surface area contributed by atoms with Crippen molar-refractivity contribution in [1.82, 2.24) is 15.2 Å². The minimum absolute atomic E-state index is 0.240. The standard InChI is InChI=1S/C13H18N4/c1-8(2)12-15-13(17-16-12)11(14)10-6-4-9(3)5-7-10/h4-8,11H,14H2,1-3H3,(H,15,16,17). The molecule has 0 aliphatic heterocycles. The predicted molar refractivity (Wildman–Crippen MR) is 67.7 cm³/mol. The van der Waals surface area contributed by atoms with Crippen LogP contribution in [-0.4, -0.2) is 15.2 Å². The second-order valence-electron chi connectivity index (χ2n) is 4.62. The normalized spacial score (nSPS) is 13.0. The molecule has 3 N–H and O–H groups in total. The van der Waals surface area contributed by atoms with Gasteiger partial charge in [0, 0.05) is 5.92 Å². The summed E-state index contributed by atoms with van der Waals surface area (Å²) in [6, 6.07) is 7.91. The van der Waals surface area contributed by atoms with Crippen LogP contribution >= 0.6 is 0 Å². The minimum Gasteiger partial charge on any atom is -0.318 e. The smallest absolute Gasteiger partial charge is 0.153 e. The number of aryl methyl sites for hydroxylation is 1. The Balaban J connectivity index is 2.24. The second kappa shape index (κ2) is 4.67. The van der Waals surface area contributed by atoms with Crippen LogP contribution in [0, 0.1) is 6.92 Å². The maximum atomic E-state index is 6.15. The third-order valence-electron chi connectivity index (χ3n) is 2.77. The van der Waals surface area contributed by atoms with E-state index in [4.69, 9.17) is 5.73 Å². The summed E-state index contributed by atoms with van der Waals surface area (Å²) < 4.78 is 0. The van der Waals surface area contributed by atoms with Gasteiger partial charge in [0.2, 0.25) is 0 Å². The fourth-order valence-electron chi connectivity index (χ4n) is 1.62. The highest BCUT2D eigenvalue weighted by Gasteiger charge is 2.14. The van der Waals surface area contributed by atoms with Crippen LogP contribution in [0.25, 0.3) is 0 Å². The topological polar surface area (TPSA) is 67.6 Å². The molecule has 0 spiro atoms. The van der Waals surface area contributed by atoms with Crippen molar-refractivity contribution in [2.75, 3.05) is 0 Å². The molecule has 2 aromatic rings. The number of aromatic amines is 1. The molecule has 4 heteroatoms. The minimum atomic E-state index is -0.240. The van der Waals surface area contributed by atoms with Crippen molar-refractivity contribution in [3.8, 4) is 0 Å². The average molecular weight is 230 g/mol. The summed E-state index contributed by atoms with van der Waals surface area (Å²) in [7, 11) is 0. The summed E-state index contributed by atoms with van der Waals surface area (Å²) in [5.41, 5.74) is 8.41. The van der Waals surface area contributed by atoms with Crippen LogP contribution in [0.3, 0.4) is 0 Å². The van der Waals surface area contributed by atoms with Gasteiger partial charge in [0.1, 0.15) is 5.82 Å². The van der Waals surface area contributed by atoms with Crippen molar-refractivity contribution >= 4 is 0 Å². The molecule has 90 valence electrons. The molecular weight excluding hydrogens is 212 g/mol. The second-order valence-corrected chi connectivity index (χ2v) is 4.62. The van der Waals surface area contributed by atoms with E-state index in [-0.39, 0.29) is 6.04 Å². The van der Waals surface area contributed by atoms with E-state index in [2.05, 4.69) is 48.1 Å². The molecule has 1 unspecified atom stereocenters. The van der Waals surface area contributed by atoms with Crippen molar-refractivity contribution < 1.29 is 0 Å². The predicted octanol–water partition coefficient (Wildman–Crippen LogP) is 2.28. The van der Waals surface area contributed by atoms with Crippen LogP contribution < -0.4 is 5.73 Å². The van der Waals surface area contributed by atoms with E-state index in [1.165, 1.54) is 5.56 Å². The fraction of sp³-hybridized carbons (Fsp3) is 0.385. The highest BCUT2D eigenvalue weighted by atomic mass is 15.2. The lowest BCUT2D eigenvalue weighted by Gasteiger charge is -2.08. The molecule has 0 saturated heterocycles. The van der Waals surface area contributed by atoms with Crippen LogP contribution in [0.4, 0.5) is 0 Å². The van der Waals surface area contributed by atoms with Gasteiger partial charge < -0.3 is 5.73 Å². The summed E-state index contributed by atoms with van der Waals surface area (Å²) in [5, 5.41) is 7.08. The van der Waals surface area contributed by atoms with Crippen molar-refractivity contribution in [1.29, 1.82) is 0 Å². The summed E-state index contributed by atoms with van der Waals surface area (Å²) in [6.45, 7) is 6.18. The molecule has 0 fully saturated rings. The van der Waals surface area contributed by atoms with Crippen LogP contribution in [-0.2, 0) is 0 Å². The summed E-state index contributed by atoms with van der Waals surface area (Å²) in [5.74, 6) is 1.84. The fourth-order valence-corrected chi connectivity index (χ4v) is 1.62. The molecule has 1 heterocycles. The maximum Gasteiger partial charge on any atom is 0.153 e. The molecule has 0 bridgehead atoms. The molecule has 2 rings (SSSR count). The number of hydrogen-bond acceptors (Lipinski definition) is 3. The quantitative estimate of drug-likeness (QED) is 0.850. The number of rotatable bonds is 3. The molecule has 4 nitrogen and oxygen atoms in total. The third-order valence-corrected chi connectivity index (χ3v) is 2.77. The lowest BCUT2D eigenvalue weighted by Crippen LogP contribution is -2.13. The van der Waals surface area contributed by atoms with E-state index in [0.29, 0.717) is 5.92 Å². The monoisotopic (exact) mass is 230 g/mol. The SMILES string of the molecule is Cc1ccc(C(N)c2nc(C(C)C)n[nH]2)cc1. The van der Waals surface area contributed by atoms with Gasteiger partial charge in [-0.1, -0.05) is 43.7 Å². The van der Waals surface area contributed by atoms with Crippen LogP contribution in [0.15, 0.2) is 24.3 Å². The van der Waals surface area contributed by atoms with Crippen molar-refractivity contribution in [3.05, 3.63) is 47.0 Å². The lowest BCUT2D eigenvalue weighted by atomic mass is 10.1. The largest absolute Gasteiger partial charge is 0.318 e. The van der Waals surface area contributed by atoms with E-state index in [0.717, 1.165) is 17.2 Å². The van der Waals surface area contributed by atoms with Gasteiger partial charge in [0.15, 0.2) is 5.82 Å². The van der Waals surface area contributed by atoms with Crippen molar-refractivity contribution in [2.45, 2.75) is 32.7 Å². The van der Waals surface area contributed by atoms with Crippen LogP contribution in [0.5, 0.6) is 0 Å². The zero-order valence-electron chi connectivity index (χ0n) is 10.4. The maximum absolute atomic E-state index is 6.15. The molecular formula is C13H18N4. The zero-order valence-corrected chi connectivity index (χ0v) is 10.4. The Hall–Kier alpha value is -1.68. The first-order valence-electron chi connectivity index (χ1n) is 5.82. The number of benzene rings is 1. The molecule has 1 atom stereocenters. The first kappa shape index (κ1) is 11.8. The van der Waals surface area contributed by atoms with Gasteiger partial charge in [0.25, 0.3) is 0 Å². The lowest BCUT2D eigenvalue weighted by molar-refractivity contribution is 0.773. The van der Waals surface area contributed by atoms with E-state index >= 15 is 0 Å². The molecule has 1 aromatic heterocycles. The van der Waals surface area contributed by atoms with Gasteiger partial charge in [-0.15, -0.1) is 0 Å². The van der Waals surface area contributed by atoms with E-state index in [9.17, 15) is 0 Å². The molecule has 0 saturated carbocycles. The van der Waals surface area contributed by atoms with Crippen LogP contribution in [0.1, 0.15) is 48.6 Å². The summed E-state index contributed by atoms with van der Waals surface area (Å²) in [6.07, 6.45) is 0. The molecule has 0 radical (unpaired) electrons. The summed E-state index contributed by atoms with van der Waals surface area (Å²) in [4.78, 5) is 4.42. The van der Waals surface area contributed by atoms with Crippen molar-refractivity contribution in [3.63, 3.8) is 0 Å². The Morgan fingerprint density at radius 3 is 2.35 bits per heavy atom. The third kappa shape index (κ3) is 2.53. The number of nitrogens with zero attached hydrogens (tertiary/aromatic N) is 2. The van der Waals surface area contributed by atoms with Crippen LogP contribution in [0.2, 0.25) is 0 Å². The van der Waals surface area contributed by atoms with Gasteiger partial charge in [-0.2, -0.15) is 5.10 Å². The zero-order chi connectivity index (χ0) is 12.4. The highest BCUT2D eigenvalue weighted by molar-refractivity contribution is 5.27. The van der Waals surface area contributed by atoms with E-state index < -0.39 is 0 Å². The number of nitrogens with two attached hydrogens (primary N) is 1. The Labute approximate surface area is 101 Å². The number of nitrogens with one attached hydrogen (secondary N) is 1. The summed E-state index contributed by atoms with van der Waals surface area (Å²) >= 11 is 0. The number of hydrogen-bond donors (Lipinski definition) is 2. The Bertz CT molecular complexity index is 484.